The summed E-state index contributed by atoms with van der Waals surface area (Å²) >= 11 is 9.40. The zero-order chi connectivity index (χ0) is 14.2. The highest BCUT2D eigenvalue weighted by Gasteiger charge is 2.04. The van der Waals surface area contributed by atoms with Crippen molar-refractivity contribution in [1.29, 1.82) is 0 Å². The Balaban J connectivity index is 1.62. The number of carbonyl (C=O) groups excluding carboxylic acids is 1. The van der Waals surface area contributed by atoms with Gasteiger partial charge in [0.2, 0.25) is 5.91 Å². The van der Waals surface area contributed by atoms with Gasteiger partial charge in [0.05, 0.1) is 5.02 Å². The molecular weight excluding hydrogens is 310 g/mol. The van der Waals surface area contributed by atoms with E-state index in [1.165, 1.54) is 4.88 Å². The first-order valence-corrected chi connectivity index (χ1v) is 8.66. The van der Waals surface area contributed by atoms with Gasteiger partial charge >= 0.3 is 0 Å². The lowest BCUT2D eigenvalue weighted by atomic mass is 10.3. The number of hydrogen-bond acceptors (Lipinski definition) is 3. The summed E-state index contributed by atoms with van der Waals surface area (Å²) in [7, 11) is 0. The second-order valence-electron chi connectivity index (χ2n) is 4.21. The van der Waals surface area contributed by atoms with E-state index in [0.717, 1.165) is 22.1 Å². The van der Waals surface area contributed by atoms with Crippen molar-refractivity contribution in [2.75, 3.05) is 12.3 Å². The van der Waals surface area contributed by atoms with Crippen LogP contribution in [0.3, 0.4) is 0 Å². The number of halogens is 1. The Labute approximate surface area is 132 Å². The highest BCUT2D eigenvalue weighted by molar-refractivity contribution is 7.99. The van der Waals surface area contributed by atoms with E-state index in [0.29, 0.717) is 13.0 Å². The summed E-state index contributed by atoms with van der Waals surface area (Å²) in [6, 6.07) is 11.8. The number of hydrogen-bond donors (Lipinski definition) is 1. The number of nitrogens with one attached hydrogen (secondary N) is 1. The molecule has 0 bridgehead atoms. The normalized spacial score (nSPS) is 10.4. The summed E-state index contributed by atoms with van der Waals surface area (Å²) < 4.78 is 0. The first-order valence-electron chi connectivity index (χ1n) is 6.42. The van der Waals surface area contributed by atoms with Crippen LogP contribution in [0.4, 0.5) is 0 Å². The van der Waals surface area contributed by atoms with E-state index < -0.39 is 0 Å². The highest BCUT2D eigenvalue weighted by Crippen LogP contribution is 2.26. The van der Waals surface area contributed by atoms with E-state index >= 15 is 0 Å². The molecule has 1 N–H and O–H groups in total. The number of carbonyl (C=O) groups is 1. The van der Waals surface area contributed by atoms with Gasteiger partial charge in [-0.05, 0) is 30.0 Å². The van der Waals surface area contributed by atoms with Crippen molar-refractivity contribution in [3.05, 3.63) is 51.7 Å². The summed E-state index contributed by atoms with van der Waals surface area (Å²) in [6.07, 6.45) is 1.42. The molecule has 5 heteroatoms. The van der Waals surface area contributed by atoms with Crippen molar-refractivity contribution < 1.29 is 4.79 Å². The lowest BCUT2D eigenvalue weighted by molar-refractivity contribution is -0.120. The molecule has 2 nitrogen and oxygen atoms in total. The minimum Gasteiger partial charge on any atom is -0.356 e. The van der Waals surface area contributed by atoms with Crippen LogP contribution in [0.1, 0.15) is 11.3 Å². The van der Waals surface area contributed by atoms with Gasteiger partial charge in [0.25, 0.3) is 0 Å². The Morgan fingerprint density at radius 2 is 2.10 bits per heavy atom. The molecule has 0 aliphatic rings. The van der Waals surface area contributed by atoms with Gasteiger partial charge in [-0.25, -0.2) is 0 Å². The number of thiophene rings is 1. The molecule has 2 aromatic rings. The summed E-state index contributed by atoms with van der Waals surface area (Å²) in [4.78, 5) is 14.0. The fraction of sp³-hybridized carbons (Fsp3) is 0.267. The van der Waals surface area contributed by atoms with Crippen molar-refractivity contribution in [2.45, 2.75) is 17.7 Å². The molecule has 0 fully saturated rings. The Hall–Kier alpha value is -0.970. The predicted molar refractivity (Wildman–Crippen MR) is 87.8 cm³/mol. The zero-order valence-corrected chi connectivity index (χ0v) is 13.4. The molecule has 0 saturated carbocycles. The van der Waals surface area contributed by atoms with Crippen LogP contribution < -0.4 is 5.32 Å². The summed E-state index contributed by atoms with van der Waals surface area (Å²) in [5.74, 6) is 0.843. The van der Waals surface area contributed by atoms with E-state index in [9.17, 15) is 4.79 Å². The fourth-order valence-corrected chi connectivity index (χ4v) is 3.58. The van der Waals surface area contributed by atoms with Crippen LogP contribution in [0, 0.1) is 0 Å². The van der Waals surface area contributed by atoms with Gasteiger partial charge in [-0.15, -0.1) is 23.1 Å². The van der Waals surface area contributed by atoms with Gasteiger partial charge in [0.15, 0.2) is 0 Å². The molecule has 1 aromatic heterocycles. The van der Waals surface area contributed by atoms with Gasteiger partial charge in [-0.2, -0.15) is 0 Å². The van der Waals surface area contributed by atoms with Crippen molar-refractivity contribution in [2.24, 2.45) is 0 Å². The molecule has 1 heterocycles. The molecule has 1 aromatic carbocycles. The van der Waals surface area contributed by atoms with Crippen molar-refractivity contribution in [1.82, 2.24) is 5.32 Å². The van der Waals surface area contributed by atoms with Crippen LogP contribution >= 0.6 is 34.7 Å². The summed E-state index contributed by atoms with van der Waals surface area (Å²) in [5, 5.41) is 5.74. The third-order valence-corrected chi connectivity index (χ3v) is 5.15. The minimum absolute atomic E-state index is 0.0982. The van der Waals surface area contributed by atoms with Crippen LogP contribution in [0.2, 0.25) is 5.02 Å². The van der Waals surface area contributed by atoms with E-state index in [2.05, 4.69) is 16.8 Å². The van der Waals surface area contributed by atoms with Gasteiger partial charge in [-0.1, -0.05) is 29.8 Å². The van der Waals surface area contributed by atoms with E-state index in [-0.39, 0.29) is 5.91 Å². The molecule has 0 spiro atoms. The molecule has 0 radical (unpaired) electrons. The molecule has 20 heavy (non-hydrogen) atoms. The Kier molecular flexibility index (Phi) is 6.43. The topological polar surface area (TPSA) is 29.1 Å². The maximum Gasteiger partial charge on any atom is 0.220 e. The largest absolute Gasteiger partial charge is 0.356 e. The third kappa shape index (κ3) is 5.19. The molecule has 0 saturated heterocycles. The quantitative estimate of drug-likeness (QED) is 0.771. The summed E-state index contributed by atoms with van der Waals surface area (Å²) in [5.41, 5.74) is 0. The van der Waals surface area contributed by atoms with Gasteiger partial charge in [0, 0.05) is 28.5 Å². The fourth-order valence-electron chi connectivity index (χ4n) is 1.68. The van der Waals surface area contributed by atoms with Crippen LogP contribution in [0.5, 0.6) is 0 Å². The van der Waals surface area contributed by atoms with E-state index in [4.69, 9.17) is 11.6 Å². The van der Waals surface area contributed by atoms with Crippen molar-refractivity contribution in [3.63, 3.8) is 0 Å². The molecule has 2 rings (SSSR count). The molecule has 0 aliphatic carbocycles. The van der Waals surface area contributed by atoms with Gasteiger partial charge < -0.3 is 5.32 Å². The Morgan fingerprint density at radius 1 is 1.25 bits per heavy atom. The lowest BCUT2D eigenvalue weighted by Gasteiger charge is -2.05. The highest BCUT2D eigenvalue weighted by atomic mass is 35.5. The van der Waals surface area contributed by atoms with Crippen LogP contribution in [-0.2, 0) is 11.2 Å². The van der Waals surface area contributed by atoms with Crippen LogP contribution in [-0.4, -0.2) is 18.2 Å². The van der Waals surface area contributed by atoms with Crippen molar-refractivity contribution in [3.8, 4) is 0 Å². The SMILES string of the molecule is O=C(CCSc1ccccc1Cl)NCCc1cccs1. The average molecular weight is 326 g/mol. The summed E-state index contributed by atoms with van der Waals surface area (Å²) in [6.45, 7) is 0.704. The number of benzene rings is 1. The number of rotatable bonds is 7. The molecular formula is C15H16ClNOS2. The Morgan fingerprint density at radius 3 is 2.85 bits per heavy atom. The zero-order valence-electron chi connectivity index (χ0n) is 11.0. The molecule has 1 amide bonds. The van der Waals surface area contributed by atoms with Crippen molar-refractivity contribution >= 4 is 40.6 Å². The monoisotopic (exact) mass is 325 g/mol. The second-order valence-corrected chi connectivity index (χ2v) is 6.78. The average Bonchev–Trinajstić information content (AvgIpc) is 2.94. The Bertz CT molecular complexity index is 543. The maximum absolute atomic E-state index is 11.7. The lowest BCUT2D eigenvalue weighted by Crippen LogP contribution is -2.25. The predicted octanol–water partition coefficient (Wildman–Crippen LogP) is 4.24. The van der Waals surface area contributed by atoms with Gasteiger partial charge in [0.1, 0.15) is 0 Å². The smallest absolute Gasteiger partial charge is 0.220 e. The number of amides is 1. The molecule has 0 unspecified atom stereocenters. The molecule has 0 aliphatic heterocycles. The third-order valence-electron chi connectivity index (χ3n) is 2.70. The van der Waals surface area contributed by atoms with E-state index in [1.807, 2.05) is 30.3 Å². The van der Waals surface area contributed by atoms with E-state index in [1.54, 1.807) is 23.1 Å². The van der Waals surface area contributed by atoms with Crippen LogP contribution in [0.15, 0.2) is 46.7 Å². The minimum atomic E-state index is 0.0982. The van der Waals surface area contributed by atoms with Crippen LogP contribution in [0.25, 0.3) is 0 Å². The molecule has 106 valence electrons. The second kappa shape index (κ2) is 8.35. The number of thioether (sulfide) groups is 1. The molecule has 0 atom stereocenters. The maximum atomic E-state index is 11.7. The standard InChI is InChI=1S/C15H16ClNOS2/c16-13-5-1-2-6-14(13)20-11-8-15(18)17-9-7-12-4-3-10-19-12/h1-6,10H,7-9,11H2,(H,17,18). The first kappa shape index (κ1) is 15.4. The van der Waals surface area contributed by atoms with Gasteiger partial charge in [-0.3, -0.25) is 4.79 Å². The first-order chi connectivity index (χ1) is 9.75.